The second-order valence-electron chi connectivity index (χ2n) is 1.33. The quantitative estimate of drug-likeness (QED) is 0.480. The van der Waals surface area contributed by atoms with E-state index in [1.54, 1.807) is 6.08 Å². The third-order valence-electron chi connectivity index (χ3n) is 0.614. The number of carbonyl (C=O) groups is 1. The fraction of sp³-hybridized carbons (Fsp3) is 0.167. The minimum absolute atomic E-state index is 0.162. The predicted molar refractivity (Wildman–Crippen MR) is 39.4 cm³/mol. The highest BCUT2D eigenvalue weighted by molar-refractivity contribution is 8.04. The van der Waals surface area contributed by atoms with Gasteiger partial charge in [-0.05, 0) is 0 Å². The summed E-state index contributed by atoms with van der Waals surface area (Å²) < 4.78 is 0. The lowest BCUT2D eigenvalue weighted by Gasteiger charge is -1.92. The highest BCUT2D eigenvalue weighted by Gasteiger charge is 2.00. The zero-order valence-electron chi connectivity index (χ0n) is 4.96. The largest absolute Gasteiger partial charge is 0.477 e. The molecular weight excluding hydrogens is 136 g/mol. The van der Waals surface area contributed by atoms with Gasteiger partial charge in [-0.1, -0.05) is 12.7 Å². The summed E-state index contributed by atoms with van der Waals surface area (Å²) in [5.74, 6) is -0.354. The number of rotatable bonds is 4. The van der Waals surface area contributed by atoms with Crippen LogP contribution in [0.4, 0.5) is 0 Å². The zero-order valence-corrected chi connectivity index (χ0v) is 5.78. The van der Waals surface area contributed by atoms with Crippen molar-refractivity contribution < 1.29 is 9.90 Å². The molecule has 0 amide bonds. The number of aliphatic carboxylic acids is 1. The molecule has 0 aliphatic carbocycles. The summed E-state index contributed by atoms with van der Waals surface area (Å²) in [6, 6.07) is 0. The SMILES string of the molecule is C=CCSC(=C)C(=O)O. The van der Waals surface area contributed by atoms with Crippen LogP contribution in [0.2, 0.25) is 0 Å². The Labute approximate surface area is 58.3 Å². The molecule has 2 nitrogen and oxygen atoms in total. The maximum atomic E-state index is 10.1. The molecule has 0 aromatic heterocycles. The number of thioether (sulfide) groups is 1. The van der Waals surface area contributed by atoms with Crippen LogP contribution >= 0.6 is 11.8 Å². The first-order valence-electron chi connectivity index (χ1n) is 2.34. The molecule has 0 saturated heterocycles. The van der Waals surface area contributed by atoms with Crippen LogP contribution in [0.3, 0.4) is 0 Å². The maximum absolute atomic E-state index is 10.1. The van der Waals surface area contributed by atoms with Crippen molar-refractivity contribution in [1.29, 1.82) is 0 Å². The van der Waals surface area contributed by atoms with Crippen molar-refractivity contribution in [3.8, 4) is 0 Å². The van der Waals surface area contributed by atoms with Gasteiger partial charge in [0.1, 0.15) is 0 Å². The molecule has 1 N–H and O–H groups in total. The van der Waals surface area contributed by atoms with Gasteiger partial charge in [0.05, 0.1) is 4.91 Å². The van der Waals surface area contributed by atoms with Crippen molar-refractivity contribution in [1.82, 2.24) is 0 Å². The predicted octanol–water partition coefficient (Wildman–Crippen LogP) is 1.50. The van der Waals surface area contributed by atoms with Gasteiger partial charge in [0, 0.05) is 5.75 Å². The van der Waals surface area contributed by atoms with Gasteiger partial charge in [-0.15, -0.1) is 18.3 Å². The van der Waals surface area contributed by atoms with Crippen LogP contribution in [0.15, 0.2) is 24.1 Å². The van der Waals surface area contributed by atoms with Crippen LogP contribution < -0.4 is 0 Å². The Morgan fingerprint density at radius 3 is 2.67 bits per heavy atom. The molecule has 0 rings (SSSR count). The van der Waals surface area contributed by atoms with Crippen molar-refractivity contribution >= 4 is 17.7 Å². The Balaban J connectivity index is 3.51. The van der Waals surface area contributed by atoms with Crippen LogP contribution in [0, 0.1) is 0 Å². The molecule has 0 radical (unpaired) electrons. The van der Waals surface area contributed by atoms with E-state index >= 15 is 0 Å². The molecule has 0 aromatic rings. The van der Waals surface area contributed by atoms with Gasteiger partial charge in [0.25, 0.3) is 0 Å². The first-order valence-corrected chi connectivity index (χ1v) is 3.33. The molecule has 0 saturated carbocycles. The third kappa shape index (κ3) is 3.85. The van der Waals surface area contributed by atoms with E-state index in [1.807, 2.05) is 0 Å². The topological polar surface area (TPSA) is 37.3 Å². The van der Waals surface area contributed by atoms with Crippen molar-refractivity contribution in [3.63, 3.8) is 0 Å². The average Bonchev–Trinajstić information content (AvgIpc) is 1.82. The van der Waals surface area contributed by atoms with E-state index in [0.29, 0.717) is 5.75 Å². The summed E-state index contributed by atoms with van der Waals surface area (Å²) in [5.41, 5.74) is 0. The third-order valence-corrected chi connectivity index (χ3v) is 1.54. The molecular formula is C6H8O2S. The minimum atomic E-state index is -0.957. The summed E-state index contributed by atoms with van der Waals surface area (Å²) in [6.07, 6.45) is 1.64. The van der Waals surface area contributed by atoms with Crippen molar-refractivity contribution in [2.75, 3.05) is 5.75 Å². The van der Waals surface area contributed by atoms with E-state index in [4.69, 9.17) is 5.11 Å². The first kappa shape index (κ1) is 8.30. The molecule has 0 aromatic carbocycles. The Kier molecular flexibility index (Phi) is 3.88. The van der Waals surface area contributed by atoms with E-state index in [1.165, 1.54) is 11.8 Å². The maximum Gasteiger partial charge on any atom is 0.341 e. The Morgan fingerprint density at radius 1 is 1.78 bits per heavy atom. The lowest BCUT2D eigenvalue weighted by molar-refractivity contribution is -0.131. The second-order valence-corrected chi connectivity index (χ2v) is 2.44. The molecule has 0 unspecified atom stereocenters. The highest BCUT2D eigenvalue weighted by atomic mass is 32.2. The summed E-state index contributed by atoms with van der Waals surface area (Å²) in [7, 11) is 0. The Bertz CT molecular complexity index is 140. The minimum Gasteiger partial charge on any atom is -0.477 e. The molecule has 50 valence electrons. The van der Waals surface area contributed by atoms with Gasteiger partial charge in [-0.25, -0.2) is 4.79 Å². The van der Waals surface area contributed by atoms with E-state index in [2.05, 4.69) is 13.2 Å². The van der Waals surface area contributed by atoms with E-state index < -0.39 is 5.97 Å². The fourth-order valence-electron chi connectivity index (χ4n) is 0.221. The highest BCUT2D eigenvalue weighted by Crippen LogP contribution is 2.12. The summed E-state index contributed by atoms with van der Waals surface area (Å²) in [5, 5.41) is 8.25. The van der Waals surface area contributed by atoms with E-state index in [9.17, 15) is 4.79 Å². The van der Waals surface area contributed by atoms with Crippen molar-refractivity contribution in [2.24, 2.45) is 0 Å². The number of hydrogen-bond acceptors (Lipinski definition) is 2. The molecule has 0 aliphatic heterocycles. The molecule has 3 heteroatoms. The lowest BCUT2D eigenvalue weighted by Crippen LogP contribution is -1.94. The lowest BCUT2D eigenvalue weighted by atomic mass is 10.7. The van der Waals surface area contributed by atoms with E-state index in [0.717, 1.165) is 0 Å². The van der Waals surface area contributed by atoms with Gasteiger partial charge in [-0.3, -0.25) is 0 Å². The van der Waals surface area contributed by atoms with Crippen molar-refractivity contribution in [3.05, 3.63) is 24.1 Å². The molecule has 9 heavy (non-hydrogen) atoms. The fourth-order valence-corrected chi connectivity index (χ4v) is 0.664. The monoisotopic (exact) mass is 144 g/mol. The van der Waals surface area contributed by atoms with Crippen LogP contribution in [-0.4, -0.2) is 16.8 Å². The average molecular weight is 144 g/mol. The molecule has 0 fully saturated rings. The van der Waals surface area contributed by atoms with Crippen LogP contribution in [0.1, 0.15) is 0 Å². The number of carboxylic acid groups (broad SMARTS) is 1. The van der Waals surface area contributed by atoms with Crippen LogP contribution in [-0.2, 0) is 4.79 Å². The second kappa shape index (κ2) is 4.21. The zero-order chi connectivity index (χ0) is 7.28. The Hall–Kier alpha value is -0.700. The van der Waals surface area contributed by atoms with Gasteiger partial charge < -0.3 is 5.11 Å². The normalized spacial score (nSPS) is 8.44. The number of hydrogen-bond donors (Lipinski definition) is 1. The summed E-state index contributed by atoms with van der Waals surface area (Å²) in [6.45, 7) is 6.74. The molecule has 0 atom stereocenters. The van der Waals surface area contributed by atoms with Gasteiger partial charge in [0.15, 0.2) is 0 Å². The van der Waals surface area contributed by atoms with Gasteiger partial charge >= 0.3 is 5.97 Å². The Morgan fingerprint density at radius 2 is 2.33 bits per heavy atom. The van der Waals surface area contributed by atoms with Gasteiger partial charge in [0.2, 0.25) is 0 Å². The molecule has 0 bridgehead atoms. The molecule has 0 aliphatic rings. The molecule has 0 heterocycles. The van der Waals surface area contributed by atoms with E-state index in [-0.39, 0.29) is 4.91 Å². The molecule has 0 spiro atoms. The van der Waals surface area contributed by atoms with Crippen LogP contribution in [0.25, 0.3) is 0 Å². The summed E-state index contributed by atoms with van der Waals surface area (Å²) >= 11 is 1.17. The smallest absolute Gasteiger partial charge is 0.341 e. The van der Waals surface area contributed by atoms with Crippen LogP contribution in [0.5, 0.6) is 0 Å². The first-order chi connectivity index (χ1) is 4.18. The number of carboxylic acids is 1. The van der Waals surface area contributed by atoms with Gasteiger partial charge in [-0.2, -0.15) is 0 Å². The standard InChI is InChI=1S/C6H8O2S/c1-3-4-9-5(2)6(7)8/h3H,1-2,4H2,(H,7,8). The van der Waals surface area contributed by atoms with Crippen molar-refractivity contribution in [2.45, 2.75) is 0 Å². The summed E-state index contributed by atoms with van der Waals surface area (Å²) in [4.78, 5) is 10.2.